The average Bonchev–Trinajstić information content (AvgIpc) is 3.68. The van der Waals surface area contributed by atoms with Crippen molar-refractivity contribution in [2.75, 3.05) is 0 Å². The summed E-state index contributed by atoms with van der Waals surface area (Å²) in [5.74, 6) is 0. The van der Waals surface area contributed by atoms with Gasteiger partial charge in [-0.25, -0.2) is 0 Å². The molecule has 4 heteroatoms. The highest BCUT2D eigenvalue weighted by atomic mass is 16.3. The number of aromatic nitrogens is 2. The maximum atomic E-state index is 9.57. The molecule has 6 aromatic carbocycles. The minimum atomic E-state index is 0.663. The third kappa shape index (κ3) is 2.98. The second-order valence-corrected chi connectivity index (χ2v) is 10.5. The van der Waals surface area contributed by atoms with E-state index in [1.54, 1.807) is 0 Å². The van der Waals surface area contributed by atoms with Gasteiger partial charge in [-0.2, -0.15) is 5.26 Å². The Morgan fingerprint density at radius 1 is 0.488 bits per heavy atom. The van der Waals surface area contributed by atoms with Crippen molar-refractivity contribution in [1.29, 1.82) is 5.26 Å². The first-order valence-corrected chi connectivity index (χ1v) is 13.7. The third-order valence-electron chi connectivity index (χ3n) is 8.32. The molecule has 0 N–H and O–H groups in total. The number of benzene rings is 6. The lowest BCUT2D eigenvalue weighted by Crippen LogP contribution is -1.98. The Labute approximate surface area is 234 Å². The largest absolute Gasteiger partial charge is 0.456 e. The van der Waals surface area contributed by atoms with Crippen LogP contribution in [-0.4, -0.2) is 9.13 Å². The fourth-order valence-electron chi connectivity index (χ4n) is 6.63. The maximum Gasteiger partial charge on any atom is 0.137 e. The highest BCUT2D eigenvalue weighted by Crippen LogP contribution is 2.41. The summed E-state index contributed by atoms with van der Waals surface area (Å²) in [6.45, 7) is 0. The second kappa shape index (κ2) is 8.11. The lowest BCUT2D eigenvalue weighted by atomic mass is 10.1. The van der Waals surface area contributed by atoms with Crippen LogP contribution in [0, 0.1) is 11.3 Å². The Hall–Kier alpha value is -5.79. The monoisotopic (exact) mass is 523 g/mol. The van der Waals surface area contributed by atoms with Crippen LogP contribution < -0.4 is 0 Å². The summed E-state index contributed by atoms with van der Waals surface area (Å²) in [5.41, 5.74) is 9.06. The molecule has 3 aromatic heterocycles. The van der Waals surface area contributed by atoms with E-state index in [2.05, 4.69) is 118 Å². The number of para-hydroxylation sites is 3. The van der Waals surface area contributed by atoms with Gasteiger partial charge in [0.05, 0.1) is 39.1 Å². The Kier molecular flexibility index (Phi) is 4.37. The van der Waals surface area contributed by atoms with Gasteiger partial charge in [0.1, 0.15) is 11.2 Å². The second-order valence-electron chi connectivity index (χ2n) is 10.5. The van der Waals surface area contributed by atoms with E-state index >= 15 is 0 Å². The van der Waals surface area contributed by atoms with Gasteiger partial charge in [-0.1, -0.05) is 60.7 Å². The molecular formula is C37H21N3O. The first-order chi connectivity index (χ1) is 20.3. The van der Waals surface area contributed by atoms with Gasteiger partial charge in [-0.05, 0) is 66.7 Å². The number of hydrogen-bond acceptors (Lipinski definition) is 2. The van der Waals surface area contributed by atoms with Crippen LogP contribution in [0.3, 0.4) is 0 Å². The molecule has 0 aliphatic rings. The van der Waals surface area contributed by atoms with Crippen LogP contribution in [0.2, 0.25) is 0 Å². The molecule has 0 atom stereocenters. The topological polar surface area (TPSA) is 46.8 Å². The number of nitriles is 1. The molecule has 3 heterocycles. The van der Waals surface area contributed by atoms with Crippen molar-refractivity contribution < 1.29 is 4.42 Å². The summed E-state index contributed by atoms with van der Waals surface area (Å²) in [7, 11) is 0. The van der Waals surface area contributed by atoms with E-state index in [0.717, 1.165) is 66.2 Å². The molecule has 0 radical (unpaired) electrons. The number of furan rings is 1. The number of hydrogen-bond donors (Lipinski definition) is 0. The van der Waals surface area contributed by atoms with Crippen LogP contribution in [-0.2, 0) is 0 Å². The summed E-state index contributed by atoms with van der Waals surface area (Å²) in [5, 5.41) is 16.4. The first kappa shape index (κ1) is 22.1. The summed E-state index contributed by atoms with van der Waals surface area (Å²) < 4.78 is 11.0. The molecule has 0 aliphatic heterocycles. The van der Waals surface area contributed by atoms with Gasteiger partial charge in [0.25, 0.3) is 0 Å². The molecular weight excluding hydrogens is 502 g/mol. The van der Waals surface area contributed by atoms with Gasteiger partial charge in [0.2, 0.25) is 0 Å². The molecule has 9 aromatic rings. The highest BCUT2D eigenvalue weighted by molar-refractivity contribution is 6.24. The van der Waals surface area contributed by atoms with Crippen molar-refractivity contribution in [3.05, 3.63) is 133 Å². The summed E-state index contributed by atoms with van der Waals surface area (Å²) in [4.78, 5) is 0. The van der Waals surface area contributed by atoms with E-state index in [-0.39, 0.29) is 0 Å². The number of rotatable bonds is 2. The summed E-state index contributed by atoms with van der Waals surface area (Å²) in [6.07, 6.45) is 0. The zero-order valence-electron chi connectivity index (χ0n) is 21.9. The smallest absolute Gasteiger partial charge is 0.137 e. The first-order valence-electron chi connectivity index (χ1n) is 13.7. The van der Waals surface area contributed by atoms with E-state index in [9.17, 15) is 5.26 Å². The van der Waals surface area contributed by atoms with Crippen molar-refractivity contribution in [2.24, 2.45) is 0 Å². The Morgan fingerprint density at radius 3 is 1.95 bits per heavy atom. The van der Waals surface area contributed by atoms with Crippen LogP contribution in [0.4, 0.5) is 0 Å². The van der Waals surface area contributed by atoms with Gasteiger partial charge in [0.15, 0.2) is 0 Å². The van der Waals surface area contributed by atoms with Crippen molar-refractivity contribution in [3.63, 3.8) is 0 Å². The SMILES string of the molecule is N#Cc1ccc2c(c1)c1ccccc1n2-c1cccc(-n2c3ccccc3c3ccc4oc5ccccc5c4c32)c1. The van der Waals surface area contributed by atoms with E-state index < -0.39 is 0 Å². The molecule has 4 nitrogen and oxygen atoms in total. The fourth-order valence-corrected chi connectivity index (χ4v) is 6.63. The van der Waals surface area contributed by atoms with Crippen LogP contribution in [0.5, 0.6) is 0 Å². The molecule has 0 bridgehead atoms. The minimum absolute atomic E-state index is 0.663. The highest BCUT2D eigenvalue weighted by Gasteiger charge is 2.19. The van der Waals surface area contributed by atoms with E-state index in [1.165, 1.54) is 10.8 Å². The molecule has 190 valence electrons. The zero-order valence-corrected chi connectivity index (χ0v) is 21.9. The molecule has 0 unspecified atom stereocenters. The quantitative estimate of drug-likeness (QED) is 0.226. The number of fused-ring (bicyclic) bond motifs is 10. The molecule has 0 amide bonds. The molecule has 0 aliphatic carbocycles. The van der Waals surface area contributed by atoms with E-state index in [0.29, 0.717) is 5.56 Å². The number of nitrogens with zero attached hydrogens (tertiary/aromatic N) is 3. The lowest BCUT2D eigenvalue weighted by Gasteiger charge is -2.13. The van der Waals surface area contributed by atoms with Crippen LogP contribution in [0.1, 0.15) is 5.56 Å². The van der Waals surface area contributed by atoms with Gasteiger partial charge < -0.3 is 13.6 Å². The fraction of sp³-hybridized carbons (Fsp3) is 0. The standard InChI is InChI=1S/C37H21N3O/c38-22-23-16-18-33-30(20-23)27-11-2-4-13-31(27)39(33)24-8-7-9-25(21-24)40-32-14-5-1-10-26(32)28-17-19-35-36(37(28)40)29-12-3-6-15-34(29)41-35/h1-21H. The van der Waals surface area contributed by atoms with E-state index in [1.807, 2.05) is 24.3 Å². The molecule has 41 heavy (non-hydrogen) atoms. The molecule has 0 fully saturated rings. The van der Waals surface area contributed by atoms with Crippen molar-refractivity contribution in [3.8, 4) is 17.4 Å². The minimum Gasteiger partial charge on any atom is -0.456 e. The normalized spacial score (nSPS) is 11.9. The van der Waals surface area contributed by atoms with Gasteiger partial charge in [0, 0.05) is 38.3 Å². The van der Waals surface area contributed by atoms with Gasteiger partial charge in [-0.3, -0.25) is 0 Å². The summed E-state index contributed by atoms with van der Waals surface area (Å²) >= 11 is 0. The van der Waals surface area contributed by atoms with Crippen molar-refractivity contribution in [2.45, 2.75) is 0 Å². The van der Waals surface area contributed by atoms with Gasteiger partial charge >= 0.3 is 0 Å². The average molecular weight is 524 g/mol. The Morgan fingerprint density at radius 2 is 1.15 bits per heavy atom. The van der Waals surface area contributed by atoms with Gasteiger partial charge in [-0.15, -0.1) is 0 Å². The predicted octanol–water partition coefficient (Wildman–Crippen LogP) is 9.65. The lowest BCUT2D eigenvalue weighted by molar-refractivity contribution is 0.669. The molecule has 9 rings (SSSR count). The van der Waals surface area contributed by atoms with Crippen LogP contribution in [0.25, 0.3) is 76.9 Å². The molecule has 0 spiro atoms. The summed E-state index contributed by atoms with van der Waals surface area (Å²) in [6, 6.07) is 46.5. The van der Waals surface area contributed by atoms with Crippen LogP contribution >= 0.6 is 0 Å². The van der Waals surface area contributed by atoms with Crippen LogP contribution in [0.15, 0.2) is 132 Å². The Bertz CT molecular complexity index is 2550. The third-order valence-corrected chi connectivity index (χ3v) is 8.32. The zero-order chi connectivity index (χ0) is 27.1. The maximum absolute atomic E-state index is 9.57. The van der Waals surface area contributed by atoms with Crippen molar-refractivity contribution >= 4 is 65.6 Å². The van der Waals surface area contributed by atoms with E-state index in [4.69, 9.17) is 4.42 Å². The Balaban J connectivity index is 1.40. The van der Waals surface area contributed by atoms with Crippen molar-refractivity contribution in [1.82, 2.24) is 9.13 Å². The molecule has 0 saturated heterocycles. The predicted molar refractivity (Wildman–Crippen MR) is 167 cm³/mol. The molecule has 0 saturated carbocycles.